The molecule has 2 fully saturated rings. The topological polar surface area (TPSA) is 62.6 Å². The van der Waals surface area contributed by atoms with E-state index >= 15 is 0 Å². The van der Waals surface area contributed by atoms with Crippen LogP contribution in [-0.2, 0) is 9.47 Å². The minimum absolute atomic E-state index is 0.0302. The quantitative estimate of drug-likeness (QED) is 0.611. The Morgan fingerprint density at radius 2 is 2.44 bits per heavy atom. The first kappa shape index (κ1) is 17.7. The number of morpholine rings is 1. The molecule has 5 nitrogen and oxygen atoms in total. The molecule has 3 rings (SSSR count). The highest BCUT2D eigenvalue weighted by Gasteiger charge is 2.47. The molecule has 1 spiro atoms. The van der Waals surface area contributed by atoms with Gasteiger partial charge in [0, 0.05) is 18.0 Å². The number of rotatable bonds is 5. The number of benzene rings is 1. The van der Waals surface area contributed by atoms with Crippen LogP contribution in [0.4, 0.5) is 0 Å². The van der Waals surface area contributed by atoms with Gasteiger partial charge in [0.15, 0.2) is 0 Å². The molecule has 1 saturated carbocycles. The molecule has 1 aromatic rings. The van der Waals surface area contributed by atoms with Gasteiger partial charge in [-0.2, -0.15) is 5.26 Å². The third-order valence-electron chi connectivity index (χ3n) is 5.19. The van der Waals surface area contributed by atoms with E-state index in [-0.39, 0.29) is 11.5 Å². The van der Waals surface area contributed by atoms with Crippen LogP contribution in [-0.4, -0.2) is 49.3 Å². The molecular weight excluding hydrogens is 316 g/mol. The SMILES string of the molecule is C=CCOC[C@@H]1CCC[C@]12CN(C(=O)c1cccc(C#N)c1)CCO2. The van der Waals surface area contributed by atoms with Gasteiger partial charge in [-0.25, -0.2) is 0 Å². The number of carbonyl (C=O) groups is 1. The highest BCUT2D eigenvalue weighted by atomic mass is 16.5. The van der Waals surface area contributed by atoms with Crippen molar-refractivity contribution < 1.29 is 14.3 Å². The van der Waals surface area contributed by atoms with Crippen LogP contribution in [0, 0.1) is 17.2 Å². The molecule has 1 aliphatic carbocycles. The number of carbonyl (C=O) groups excluding carboxylic acids is 1. The van der Waals surface area contributed by atoms with Gasteiger partial charge in [-0.1, -0.05) is 18.6 Å². The van der Waals surface area contributed by atoms with Crippen molar-refractivity contribution in [3.05, 3.63) is 48.0 Å². The third kappa shape index (κ3) is 3.76. The van der Waals surface area contributed by atoms with Crippen LogP contribution in [0.1, 0.15) is 35.2 Å². The minimum atomic E-state index is -0.304. The van der Waals surface area contributed by atoms with E-state index in [4.69, 9.17) is 14.7 Å². The van der Waals surface area contributed by atoms with Crippen LogP contribution in [0.3, 0.4) is 0 Å². The molecule has 1 saturated heterocycles. The van der Waals surface area contributed by atoms with Gasteiger partial charge in [0.25, 0.3) is 5.91 Å². The Labute approximate surface area is 148 Å². The summed E-state index contributed by atoms with van der Waals surface area (Å²) in [6, 6.07) is 8.98. The maximum absolute atomic E-state index is 12.9. The Bertz CT molecular complexity index is 682. The van der Waals surface area contributed by atoms with E-state index in [0.717, 1.165) is 19.3 Å². The zero-order valence-corrected chi connectivity index (χ0v) is 14.4. The highest BCUT2D eigenvalue weighted by Crippen LogP contribution is 2.41. The molecule has 1 heterocycles. The van der Waals surface area contributed by atoms with Gasteiger partial charge in [0.1, 0.15) is 0 Å². The first-order chi connectivity index (χ1) is 12.2. The summed E-state index contributed by atoms with van der Waals surface area (Å²) in [5, 5.41) is 9.04. The Morgan fingerprint density at radius 3 is 3.24 bits per heavy atom. The van der Waals surface area contributed by atoms with Crippen LogP contribution in [0.5, 0.6) is 0 Å². The summed E-state index contributed by atoms with van der Waals surface area (Å²) in [5.74, 6) is 0.269. The zero-order chi connectivity index (χ0) is 17.7. The van der Waals surface area contributed by atoms with E-state index in [1.807, 2.05) is 4.90 Å². The van der Waals surface area contributed by atoms with E-state index < -0.39 is 0 Å². The second kappa shape index (κ2) is 7.81. The second-order valence-corrected chi connectivity index (χ2v) is 6.75. The summed E-state index contributed by atoms with van der Waals surface area (Å²) in [6.45, 7) is 6.57. The van der Waals surface area contributed by atoms with E-state index in [0.29, 0.717) is 50.0 Å². The molecule has 0 bridgehead atoms. The van der Waals surface area contributed by atoms with Gasteiger partial charge in [0.05, 0.1) is 43.6 Å². The fourth-order valence-electron chi connectivity index (χ4n) is 3.93. The summed E-state index contributed by atoms with van der Waals surface area (Å²) in [7, 11) is 0. The molecule has 5 heteroatoms. The number of hydrogen-bond acceptors (Lipinski definition) is 4. The van der Waals surface area contributed by atoms with Crippen LogP contribution < -0.4 is 0 Å². The molecule has 132 valence electrons. The highest BCUT2D eigenvalue weighted by molar-refractivity contribution is 5.94. The van der Waals surface area contributed by atoms with Crippen LogP contribution in [0.2, 0.25) is 0 Å². The maximum atomic E-state index is 12.9. The molecule has 1 aromatic carbocycles. The van der Waals surface area contributed by atoms with Crippen molar-refractivity contribution in [1.82, 2.24) is 4.90 Å². The molecule has 0 radical (unpaired) electrons. The summed E-state index contributed by atoms with van der Waals surface area (Å²) in [4.78, 5) is 14.8. The normalized spacial score (nSPS) is 25.7. The molecule has 0 unspecified atom stereocenters. The average molecular weight is 340 g/mol. The fraction of sp³-hybridized carbons (Fsp3) is 0.500. The van der Waals surface area contributed by atoms with Crippen molar-refractivity contribution in [3.63, 3.8) is 0 Å². The van der Waals surface area contributed by atoms with Crippen molar-refractivity contribution >= 4 is 5.91 Å². The predicted molar refractivity (Wildman–Crippen MR) is 94.1 cm³/mol. The molecule has 25 heavy (non-hydrogen) atoms. The van der Waals surface area contributed by atoms with Gasteiger partial charge in [0.2, 0.25) is 0 Å². The fourth-order valence-corrected chi connectivity index (χ4v) is 3.93. The van der Waals surface area contributed by atoms with Crippen molar-refractivity contribution in [2.75, 3.05) is 32.9 Å². The smallest absolute Gasteiger partial charge is 0.254 e. The molecule has 0 N–H and O–H groups in total. The predicted octanol–water partition coefficient (Wildman–Crippen LogP) is 2.77. The molecule has 2 aliphatic rings. The lowest BCUT2D eigenvalue weighted by Gasteiger charge is -2.44. The number of ether oxygens (including phenoxy) is 2. The Morgan fingerprint density at radius 1 is 1.56 bits per heavy atom. The van der Waals surface area contributed by atoms with Crippen molar-refractivity contribution in [1.29, 1.82) is 5.26 Å². The van der Waals surface area contributed by atoms with E-state index in [1.54, 1.807) is 30.3 Å². The lowest BCUT2D eigenvalue weighted by Crippen LogP contribution is -2.56. The van der Waals surface area contributed by atoms with E-state index in [2.05, 4.69) is 12.6 Å². The summed E-state index contributed by atoms with van der Waals surface area (Å²) >= 11 is 0. The largest absolute Gasteiger partial charge is 0.377 e. The zero-order valence-electron chi connectivity index (χ0n) is 14.4. The number of amides is 1. The Hall–Kier alpha value is -2.16. The minimum Gasteiger partial charge on any atom is -0.377 e. The molecule has 1 aliphatic heterocycles. The lowest BCUT2D eigenvalue weighted by molar-refractivity contribution is -0.132. The average Bonchev–Trinajstić information content (AvgIpc) is 3.03. The second-order valence-electron chi connectivity index (χ2n) is 6.75. The van der Waals surface area contributed by atoms with E-state index in [9.17, 15) is 4.79 Å². The van der Waals surface area contributed by atoms with Gasteiger partial charge < -0.3 is 14.4 Å². The van der Waals surface area contributed by atoms with Crippen LogP contribution >= 0.6 is 0 Å². The number of hydrogen-bond donors (Lipinski definition) is 0. The van der Waals surface area contributed by atoms with Gasteiger partial charge in [-0.15, -0.1) is 6.58 Å². The van der Waals surface area contributed by atoms with Crippen LogP contribution in [0.15, 0.2) is 36.9 Å². The summed E-state index contributed by atoms with van der Waals surface area (Å²) in [5.41, 5.74) is 0.765. The van der Waals surface area contributed by atoms with E-state index in [1.165, 1.54) is 0 Å². The van der Waals surface area contributed by atoms with Crippen LogP contribution in [0.25, 0.3) is 0 Å². The Kier molecular flexibility index (Phi) is 5.52. The Balaban J connectivity index is 1.72. The van der Waals surface area contributed by atoms with Gasteiger partial charge >= 0.3 is 0 Å². The standard InChI is InChI=1S/C20H24N2O3/c1-2-10-24-14-18-7-4-8-20(18)15-22(9-11-25-20)19(23)17-6-3-5-16(12-17)13-21/h2-3,5-6,12,18H,1,4,7-11,14-15H2/t18-,20-/m0/s1. The van der Waals surface area contributed by atoms with Gasteiger partial charge in [-0.3, -0.25) is 4.79 Å². The van der Waals surface area contributed by atoms with Crippen molar-refractivity contribution in [3.8, 4) is 6.07 Å². The number of nitrogens with zero attached hydrogens (tertiary/aromatic N) is 2. The monoisotopic (exact) mass is 340 g/mol. The van der Waals surface area contributed by atoms with Crippen molar-refractivity contribution in [2.24, 2.45) is 5.92 Å². The summed E-state index contributed by atoms with van der Waals surface area (Å²) in [6.07, 6.45) is 4.86. The molecule has 1 amide bonds. The molecule has 0 aromatic heterocycles. The first-order valence-corrected chi connectivity index (χ1v) is 8.80. The first-order valence-electron chi connectivity index (χ1n) is 8.80. The maximum Gasteiger partial charge on any atom is 0.254 e. The molecule has 2 atom stereocenters. The number of nitriles is 1. The molecular formula is C20H24N2O3. The lowest BCUT2D eigenvalue weighted by atomic mass is 9.89. The third-order valence-corrected chi connectivity index (χ3v) is 5.19. The van der Waals surface area contributed by atoms with Gasteiger partial charge in [-0.05, 0) is 31.0 Å². The van der Waals surface area contributed by atoms with Crippen molar-refractivity contribution in [2.45, 2.75) is 24.9 Å². The summed E-state index contributed by atoms with van der Waals surface area (Å²) < 4.78 is 11.8.